The van der Waals surface area contributed by atoms with Crippen molar-refractivity contribution in [2.75, 3.05) is 47.4 Å². The second-order valence-corrected chi connectivity index (χ2v) is 6.84. The Bertz CT molecular complexity index is 607. The minimum Gasteiger partial charge on any atom is -0.383 e. The standard InChI is InChI=1S/C19H28FN3O3/c1-21(2)19(25)23-10-4-5-16(14-23)18(24)22(11-12-26-3)13-15-6-8-17(20)9-7-15/h6-9,16H,4-5,10-14H2,1-3H3/t16-/m0/s1. The number of hydrogen-bond acceptors (Lipinski definition) is 3. The molecule has 1 aliphatic heterocycles. The average molecular weight is 365 g/mol. The molecule has 6 nitrogen and oxygen atoms in total. The number of carbonyl (C=O) groups excluding carboxylic acids is 2. The van der Waals surface area contributed by atoms with Gasteiger partial charge >= 0.3 is 6.03 Å². The number of piperidine rings is 1. The van der Waals surface area contributed by atoms with Crippen LogP contribution in [0.4, 0.5) is 9.18 Å². The van der Waals surface area contributed by atoms with Crippen LogP contribution < -0.4 is 0 Å². The Kier molecular flexibility index (Phi) is 7.38. The van der Waals surface area contributed by atoms with Crippen LogP contribution in [0.15, 0.2) is 24.3 Å². The maximum absolute atomic E-state index is 13.1. The molecule has 0 aliphatic carbocycles. The highest BCUT2D eigenvalue weighted by molar-refractivity contribution is 5.81. The summed E-state index contributed by atoms with van der Waals surface area (Å²) in [6.07, 6.45) is 1.58. The Morgan fingerprint density at radius 1 is 1.27 bits per heavy atom. The topological polar surface area (TPSA) is 53.1 Å². The minimum atomic E-state index is -0.298. The summed E-state index contributed by atoms with van der Waals surface area (Å²) in [6, 6.07) is 6.10. The lowest BCUT2D eigenvalue weighted by Gasteiger charge is -2.36. The van der Waals surface area contributed by atoms with Crippen LogP contribution in [-0.4, -0.2) is 74.1 Å². The fourth-order valence-corrected chi connectivity index (χ4v) is 3.17. The third kappa shape index (κ3) is 5.42. The Morgan fingerprint density at radius 3 is 2.58 bits per heavy atom. The fourth-order valence-electron chi connectivity index (χ4n) is 3.17. The van der Waals surface area contributed by atoms with Crippen LogP contribution in [0.25, 0.3) is 0 Å². The second kappa shape index (κ2) is 9.52. The number of nitrogens with zero attached hydrogens (tertiary/aromatic N) is 3. The molecule has 1 saturated heterocycles. The maximum atomic E-state index is 13.1. The van der Waals surface area contributed by atoms with Crippen LogP contribution in [0.2, 0.25) is 0 Å². The van der Waals surface area contributed by atoms with Gasteiger partial charge in [-0.15, -0.1) is 0 Å². The molecule has 0 aromatic heterocycles. The van der Waals surface area contributed by atoms with Gasteiger partial charge in [-0.2, -0.15) is 0 Å². The molecule has 0 saturated carbocycles. The second-order valence-electron chi connectivity index (χ2n) is 6.84. The number of carbonyl (C=O) groups is 2. The quantitative estimate of drug-likeness (QED) is 0.777. The van der Waals surface area contributed by atoms with Gasteiger partial charge in [-0.25, -0.2) is 9.18 Å². The van der Waals surface area contributed by atoms with Gasteiger partial charge in [0, 0.05) is 47.4 Å². The number of hydrogen-bond donors (Lipinski definition) is 0. The molecule has 0 unspecified atom stereocenters. The van der Waals surface area contributed by atoms with E-state index in [1.807, 2.05) is 0 Å². The molecule has 1 atom stereocenters. The summed E-state index contributed by atoms with van der Waals surface area (Å²) in [6.45, 7) is 2.41. The number of halogens is 1. The Labute approximate surface area is 154 Å². The van der Waals surface area contributed by atoms with Gasteiger partial charge in [-0.05, 0) is 30.5 Å². The van der Waals surface area contributed by atoms with Crippen molar-refractivity contribution in [3.05, 3.63) is 35.6 Å². The normalized spacial score (nSPS) is 17.1. The van der Waals surface area contributed by atoms with Crippen LogP contribution in [0.5, 0.6) is 0 Å². The van der Waals surface area contributed by atoms with Crippen molar-refractivity contribution in [1.29, 1.82) is 0 Å². The number of urea groups is 1. The number of amides is 3. The molecule has 1 aliphatic rings. The molecule has 26 heavy (non-hydrogen) atoms. The van der Waals surface area contributed by atoms with Crippen LogP contribution in [-0.2, 0) is 16.1 Å². The van der Waals surface area contributed by atoms with Gasteiger partial charge in [0.05, 0.1) is 12.5 Å². The van der Waals surface area contributed by atoms with Crippen LogP contribution in [0, 0.1) is 11.7 Å². The first-order valence-electron chi connectivity index (χ1n) is 8.90. The average Bonchev–Trinajstić information content (AvgIpc) is 2.65. The predicted octanol–water partition coefficient (Wildman–Crippen LogP) is 2.19. The fraction of sp³-hybridized carbons (Fsp3) is 0.579. The summed E-state index contributed by atoms with van der Waals surface area (Å²) >= 11 is 0. The summed E-state index contributed by atoms with van der Waals surface area (Å²) in [5.74, 6) is -0.499. The van der Waals surface area contributed by atoms with Gasteiger partial charge in [0.2, 0.25) is 5.91 Å². The molecule has 1 heterocycles. The maximum Gasteiger partial charge on any atom is 0.319 e. The molecule has 7 heteroatoms. The largest absolute Gasteiger partial charge is 0.383 e. The van der Waals surface area contributed by atoms with E-state index in [4.69, 9.17) is 4.74 Å². The van der Waals surface area contributed by atoms with Gasteiger partial charge in [0.1, 0.15) is 5.82 Å². The molecular weight excluding hydrogens is 337 g/mol. The van der Waals surface area contributed by atoms with Crippen LogP contribution in [0.3, 0.4) is 0 Å². The summed E-state index contributed by atoms with van der Waals surface area (Å²) in [4.78, 5) is 30.3. The Hall–Kier alpha value is -2.15. The van der Waals surface area contributed by atoms with E-state index in [0.717, 1.165) is 18.4 Å². The monoisotopic (exact) mass is 365 g/mol. The summed E-state index contributed by atoms with van der Waals surface area (Å²) in [5.41, 5.74) is 0.868. The highest BCUT2D eigenvalue weighted by Crippen LogP contribution is 2.21. The number of rotatable bonds is 6. The lowest BCUT2D eigenvalue weighted by molar-refractivity contribution is -0.138. The smallest absolute Gasteiger partial charge is 0.319 e. The zero-order valence-corrected chi connectivity index (χ0v) is 15.8. The number of benzene rings is 1. The third-order valence-electron chi connectivity index (χ3n) is 4.59. The molecule has 3 amide bonds. The van der Waals surface area contributed by atoms with Crippen molar-refractivity contribution in [2.45, 2.75) is 19.4 Å². The van der Waals surface area contributed by atoms with Crippen molar-refractivity contribution in [3.63, 3.8) is 0 Å². The van der Waals surface area contributed by atoms with Gasteiger partial charge in [0.15, 0.2) is 0 Å². The third-order valence-corrected chi connectivity index (χ3v) is 4.59. The van der Waals surface area contributed by atoms with E-state index in [1.165, 1.54) is 17.0 Å². The molecule has 0 spiro atoms. The van der Waals surface area contributed by atoms with Crippen molar-refractivity contribution >= 4 is 11.9 Å². The van der Waals surface area contributed by atoms with Crippen LogP contribution in [0.1, 0.15) is 18.4 Å². The SMILES string of the molecule is COCCN(Cc1ccc(F)cc1)C(=O)[C@H]1CCCN(C(=O)N(C)C)C1. The van der Waals surface area contributed by atoms with E-state index < -0.39 is 0 Å². The number of ether oxygens (including phenoxy) is 1. The zero-order chi connectivity index (χ0) is 19.1. The van der Waals surface area contributed by atoms with E-state index in [9.17, 15) is 14.0 Å². The highest BCUT2D eigenvalue weighted by Gasteiger charge is 2.31. The van der Waals surface area contributed by atoms with E-state index in [-0.39, 0.29) is 23.7 Å². The summed E-state index contributed by atoms with van der Waals surface area (Å²) in [5, 5.41) is 0. The van der Waals surface area contributed by atoms with Gasteiger partial charge < -0.3 is 19.4 Å². The van der Waals surface area contributed by atoms with Crippen molar-refractivity contribution in [3.8, 4) is 0 Å². The highest BCUT2D eigenvalue weighted by atomic mass is 19.1. The molecular formula is C19H28FN3O3. The Morgan fingerprint density at radius 2 is 1.96 bits per heavy atom. The molecule has 1 aromatic carbocycles. The van der Waals surface area contributed by atoms with E-state index in [1.54, 1.807) is 43.1 Å². The van der Waals surface area contributed by atoms with Crippen LogP contribution >= 0.6 is 0 Å². The molecule has 2 rings (SSSR count). The van der Waals surface area contributed by atoms with E-state index >= 15 is 0 Å². The molecule has 0 bridgehead atoms. The predicted molar refractivity (Wildman–Crippen MR) is 97.1 cm³/mol. The first-order chi connectivity index (χ1) is 12.4. The molecule has 144 valence electrons. The molecule has 0 radical (unpaired) electrons. The number of methoxy groups -OCH3 is 1. The summed E-state index contributed by atoms with van der Waals surface area (Å²) < 4.78 is 18.3. The lowest BCUT2D eigenvalue weighted by Crippen LogP contribution is -2.49. The first-order valence-corrected chi connectivity index (χ1v) is 8.90. The van der Waals surface area contributed by atoms with Crippen molar-refractivity contribution in [2.24, 2.45) is 5.92 Å². The van der Waals surface area contributed by atoms with E-state index in [2.05, 4.69) is 0 Å². The zero-order valence-electron chi connectivity index (χ0n) is 15.8. The van der Waals surface area contributed by atoms with Gasteiger partial charge in [-0.3, -0.25) is 4.79 Å². The van der Waals surface area contributed by atoms with E-state index in [0.29, 0.717) is 32.8 Å². The van der Waals surface area contributed by atoms with Gasteiger partial charge in [0.25, 0.3) is 0 Å². The van der Waals surface area contributed by atoms with Crippen molar-refractivity contribution in [1.82, 2.24) is 14.7 Å². The minimum absolute atomic E-state index is 0.0163. The first kappa shape index (κ1) is 20.2. The number of likely N-dealkylation sites (tertiary alicyclic amines) is 1. The molecule has 1 aromatic rings. The molecule has 0 N–H and O–H groups in total. The summed E-state index contributed by atoms with van der Waals surface area (Å²) in [7, 11) is 5.03. The van der Waals surface area contributed by atoms with Crippen molar-refractivity contribution < 1.29 is 18.7 Å². The molecule has 1 fully saturated rings. The lowest BCUT2D eigenvalue weighted by atomic mass is 9.96. The van der Waals surface area contributed by atoms with Gasteiger partial charge in [-0.1, -0.05) is 12.1 Å². The Balaban J connectivity index is 2.07.